The molecule has 1 aromatic rings. The Labute approximate surface area is 195 Å². The number of piperazine rings is 1. The van der Waals surface area contributed by atoms with Crippen molar-refractivity contribution in [1.29, 1.82) is 0 Å². The first-order valence-electron chi connectivity index (χ1n) is 11.4. The number of ketones is 1. The van der Waals surface area contributed by atoms with E-state index >= 15 is 0 Å². The maximum Gasteiger partial charge on any atom is 0.410 e. The number of likely N-dealkylation sites (tertiary alicyclic amines) is 1. The molecule has 33 heavy (non-hydrogen) atoms. The molecule has 0 aliphatic carbocycles. The minimum Gasteiger partial charge on any atom is -0.486 e. The van der Waals surface area contributed by atoms with Crippen LogP contribution < -0.4 is 9.64 Å². The van der Waals surface area contributed by atoms with Crippen LogP contribution in [0.25, 0.3) is 0 Å². The van der Waals surface area contributed by atoms with E-state index in [0.29, 0.717) is 63.4 Å². The zero-order chi connectivity index (χ0) is 24.0. The van der Waals surface area contributed by atoms with Crippen LogP contribution in [0, 0.1) is 0 Å². The summed E-state index contributed by atoms with van der Waals surface area (Å²) in [5.74, 6) is 0.620. The van der Waals surface area contributed by atoms with Crippen molar-refractivity contribution in [2.24, 2.45) is 0 Å². The van der Waals surface area contributed by atoms with Crippen molar-refractivity contribution in [3.63, 3.8) is 0 Å². The first kappa shape index (κ1) is 23.8. The van der Waals surface area contributed by atoms with Crippen molar-refractivity contribution in [2.45, 2.75) is 51.2 Å². The molecule has 0 radical (unpaired) electrons. The van der Waals surface area contributed by atoms with Crippen LogP contribution in [0.5, 0.6) is 5.75 Å². The summed E-state index contributed by atoms with van der Waals surface area (Å²) in [7, 11) is -3.19. The summed E-state index contributed by atoms with van der Waals surface area (Å²) in [5, 5.41) is 0. The third kappa shape index (κ3) is 5.27. The van der Waals surface area contributed by atoms with Crippen LogP contribution >= 0.6 is 0 Å². The second-order valence-electron chi connectivity index (χ2n) is 10.2. The minimum atomic E-state index is -3.19. The molecule has 3 aliphatic heterocycles. The second-order valence-corrected chi connectivity index (χ2v) is 12.2. The third-order valence-electron chi connectivity index (χ3n) is 6.47. The molecule has 0 N–H and O–H groups in total. The summed E-state index contributed by atoms with van der Waals surface area (Å²) in [5.41, 5.74) is 0.329. The lowest BCUT2D eigenvalue weighted by atomic mass is 9.82. The van der Waals surface area contributed by atoms with Crippen LogP contribution in [0.2, 0.25) is 0 Å². The lowest BCUT2D eigenvalue weighted by molar-refractivity contribution is -0.0226. The van der Waals surface area contributed by atoms with Gasteiger partial charge >= 0.3 is 6.09 Å². The number of sulfonamides is 1. The molecule has 2 fully saturated rings. The van der Waals surface area contributed by atoms with Crippen LogP contribution in [-0.2, 0) is 14.8 Å². The van der Waals surface area contributed by atoms with Gasteiger partial charge in [-0.3, -0.25) is 4.79 Å². The number of benzene rings is 1. The van der Waals surface area contributed by atoms with Crippen molar-refractivity contribution >= 4 is 27.6 Å². The van der Waals surface area contributed by atoms with Gasteiger partial charge in [0, 0.05) is 57.8 Å². The van der Waals surface area contributed by atoms with E-state index in [-0.39, 0.29) is 18.3 Å². The number of Topliss-reactive ketones (excluding diaryl/α,β-unsaturated/α-hetero) is 1. The Hall–Kier alpha value is -2.33. The monoisotopic (exact) mass is 479 g/mol. The lowest BCUT2D eigenvalue weighted by Crippen LogP contribution is -2.53. The first-order chi connectivity index (χ1) is 15.4. The van der Waals surface area contributed by atoms with Gasteiger partial charge in [0.25, 0.3) is 0 Å². The fraction of sp³-hybridized carbons (Fsp3) is 0.652. The van der Waals surface area contributed by atoms with Crippen molar-refractivity contribution in [3.05, 3.63) is 23.8 Å². The molecular weight excluding hydrogens is 446 g/mol. The fourth-order valence-corrected chi connectivity index (χ4v) is 5.49. The predicted molar refractivity (Wildman–Crippen MR) is 124 cm³/mol. The van der Waals surface area contributed by atoms with Gasteiger partial charge in [-0.25, -0.2) is 13.2 Å². The average Bonchev–Trinajstić information content (AvgIpc) is 2.72. The number of fused-ring (bicyclic) bond motifs is 1. The summed E-state index contributed by atoms with van der Waals surface area (Å²) in [6.45, 7) is 8.51. The first-order valence-corrected chi connectivity index (χ1v) is 13.2. The Balaban J connectivity index is 1.41. The number of hydrogen-bond donors (Lipinski definition) is 0. The molecular formula is C23H33N3O6S. The highest BCUT2D eigenvalue weighted by Gasteiger charge is 2.44. The van der Waals surface area contributed by atoms with E-state index in [1.165, 1.54) is 10.6 Å². The number of ether oxygens (including phenoxy) is 2. The summed E-state index contributed by atoms with van der Waals surface area (Å²) < 4.78 is 36.8. The quantitative estimate of drug-likeness (QED) is 0.643. The Morgan fingerprint density at radius 2 is 1.70 bits per heavy atom. The molecule has 0 aromatic heterocycles. The maximum absolute atomic E-state index is 13.1. The van der Waals surface area contributed by atoms with Gasteiger partial charge in [0.2, 0.25) is 10.0 Å². The summed E-state index contributed by atoms with van der Waals surface area (Å²) in [6.07, 6.45) is 2.33. The van der Waals surface area contributed by atoms with Crippen LogP contribution in [0.15, 0.2) is 18.2 Å². The lowest BCUT2D eigenvalue weighted by Gasteiger charge is -2.44. The molecule has 1 amide bonds. The van der Waals surface area contributed by atoms with Crippen LogP contribution in [0.1, 0.15) is 50.4 Å². The summed E-state index contributed by atoms with van der Waals surface area (Å²) in [4.78, 5) is 29.2. The highest BCUT2D eigenvalue weighted by Crippen LogP contribution is 2.41. The molecule has 1 aromatic carbocycles. The molecule has 4 rings (SSSR count). The molecule has 3 heterocycles. The van der Waals surface area contributed by atoms with E-state index < -0.39 is 21.2 Å². The van der Waals surface area contributed by atoms with Gasteiger partial charge in [-0.2, -0.15) is 4.31 Å². The number of anilines is 1. The molecule has 9 nitrogen and oxygen atoms in total. The molecule has 2 saturated heterocycles. The number of carbonyl (C=O) groups is 2. The number of hydrogen-bond acceptors (Lipinski definition) is 7. The number of amides is 1. The van der Waals surface area contributed by atoms with Crippen LogP contribution in [-0.4, -0.2) is 86.2 Å². The molecule has 1 spiro atoms. The van der Waals surface area contributed by atoms with Crippen molar-refractivity contribution in [1.82, 2.24) is 9.21 Å². The van der Waals surface area contributed by atoms with Crippen molar-refractivity contribution in [2.75, 3.05) is 50.4 Å². The van der Waals surface area contributed by atoms with Gasteiger partial charge in [0.15, 0.2) is 5.78 Å². The highest BCUT2D eigenvalue weighted by molar-refractivity contribution is 7.88. The fourth-order valence-electron chi connectivity index (χ4n) is 4.66. The van der Waals surface area contributed by atoms with Gasteiger partial charge in [0.1, 0.15) is 17.0 Å². The maximum atomic E-state index is 13.1. The number of piperidine rings is 1. The van der Waals surface area contributed by atoms with E-state index in [9.17, 15) is 18.0 Å². The Bertz CT molecular complexity index is 1030. The molecule has 0 unspecified atom stereocenters. The summed E-state index contributed by atoms with van der Waals surface area (Å²) >= 11 is 0. The number of rotatable bonds is 2. The molecule has 0 atom stereocenters. The molecule has 3 aliphatic rings. The normalized spacial score (nSPS) is 21.5. The molecule has 0 bridgehead atoms. The number of nitrogens with zero attached hydrogens (tertiary/aromatic N) is 3. The minimum absolute atomic E-state index is 0.0404. The van der Waals surface area contributed by atoms with Crippen LogP contribution in [0.4, 0.5) is 10.5 Å². The largest absolute Gasteiger partial charge is 0.486 e. The van der Waals surface area contributed by atoms with E-state index in [0.717, 1.165) is 5.69 Å². The molecule has 182 valence electrons. The van der Waals surface area contributed by atoms with Gasteiger partial charge in [-0.1, -0.05) is 0 Å². The molecule has 10 heteroatoms. The van der Waals surface area contributed by atoms with Crippen molar-refractivity contribution < 1.29 is 27.5 Å². The average molecular weight is 480 g/mol. The van der Waals surface area contributed by atoms with E-state index in [2.05, 4.69) is 4.90 Å². The Morgan fingerprint density at radius 3 is 2.27 bits per heavy atom. The van der Waals surface area contributed by atoms with Crippen molar-refractivity contribution in [3.8, 4) is 5.75 Å². The zero-order valence-electron chi connectivity index (χ0n) is 19.8. The number of carbonyl (C=O) groups excluding carboxylic acids is 2. The molecule has 0 saturated carbocycles. The smallest absolute Gasteiger partial charge is 0.410 e. The SMILES string of the molecule is CC(C)(C)OC(=O)N1CCC2(CC1)CC(=O)c1cc(N3CCN(S(C)(=O)=O)CC3)ccc1O2. The zero-order valence-corrected chi connectivity index (χ0v) is 20.6. The van der Waals surface area contributed by atoms with Gasteiger partial charge in [0.05, 0.1) is 18.2 Å². The Morgan fingerprint density at radius 1 is 1.06 bits per heavy atom. The Kier molecular flexibility index (Phi) is 6.11. The standard InChI is InChI=1S/C23H33N3O6S/c1-22(2,3)32-21(28)25-9-7-23(8-10-25)16-19(27)18-15-17(5-6-20(18)31-23)24-11-13-26(14-12-24)33(4,29)30/h5-6,15H,7-14,16H2,1-4H3. The predicted octanol–water partition coefficient (Wildman–Crippen LogP) is 2.50. The van der Waals surface area contributed by atoms with Gasteiger partial charge < -0.3 is 19.3 Å². The van der Waals surface area contributed by atoms with Gasteiger partial charge in [-0.15, -0.1) is 0 Å². The van der Waals surface area contributed by atoms with E-state index in [4.69, 9.17) is 9.47 Å². The van der Waals surface area contributed by atoms with Gasteiger partial charge in [-0.05, 0) is 39.0 Å². The third-order valence-corrected chi connectivity index (χ3v) is 7.78. The summed E-state index contributed by atoms with van der Waals surface area (Å²) in [6, 6.07) is 5.63. The van der Waals surface area contributed by atoms with E-state index in [1.54, 1.807) is 4.90 Å². The van der Waals surface area contributed by atoms with E-state index in [1.807, 2.05) is 39.0 Å². The van der Waals surface area contributed by atoms with Crippen LogP contribution in [0.3, 0.4) is 0 Å². The second kappa shape index (κ2) is 8.47. The highest BCUT2D eigenvalue weighted by atomic mass is 32.2. The topological polar surface area (TPSA) is 96.5 Å².